The van der Waals surface area contributed by atoms with Crippen molar-refractivity contribution in [2.75, 3.05) is 11.9 Å². The molecule has 2 heterocycles. The lowest BCUT2D eigenvalue weighted by atomic mass is 10.1. The molecule has 3 aromatic rings. The number of aromatic nitrogens is 1. The lowest BCUT2D eigenvalue weighted by molar-refractivity contribution is -0.112. The summed E-state index contributed by atoms with van der Waals surface area (Å²) in [5.41, 5.74) is 3.43. The molecule has 6 nitrogen and oxygen atoms in total. The molecule has 0 aliphatic rings. The van der Waals surface area contributed by atoms with E-state index in [9.17, 15) is 19.2 Å². The van der Waals surface area contributed by atoms with Crippen molar-refractivity contribution in [3.05, 3.63) is 74.7 Å². The molecular formula is C25H24FN3O3S. The molecule has 0 radical (unpaired) electrons. The lowest BCUT2D eigenvalue weighted by Gasteiger charge is -2.11. The highest BCUT2D eigenvalue weighted by atomic mass is 32.1. The molecule has 0 atom stereocenters. The van der Waals surface area contributed by atoms with Crippen molar-refractivity contribution in [3.63, 3.8) is 0 Å². The van der Waals surface area contributed by atoms with Crippen LogP contribution in [-0.4, -0.2) is 23.1 Å². The Bertz CT molecular complexity index is 1310. The van der Waals surface area contributed by atoms with Gasteiger partial charge in [-0.3, -0.25) is 4.79 Å². The van der Waals surface area contributed by atoms with Crippen LogP contribution >= 0.6 is 11.3 Å². The number of carbonyl (C=O) groups is 2. The first-order chi connectivity index (χ1) is 15.7. The van der Waals surface area contributed by atoms with E-state index in [1.807, 2.05) is 44.4 Å². The summed E-state index contributed by atoms with van der Waals surface area (Å²) in [7, 11) is 0. The van der Waals surface area contributed by atoms with Crippen LogP contribution in [0.3, 0.4) is 0 Å². The third-order valence-electron chi connectivity index (χ3n) is 5.31. The minimum absolute atomic E-state index is 0.00210. The van der Waals surface area contributed by atoms with Crippen LogP contribution < -0.4 is 5.32 Å². The maximum atomic E-state index is 13.9. The number of hydrogen-bond donors (Lipinski definition) is 1. The van der Waals surface area contributed by atoms with E-state index in [4.69, 9.17) is 4.74 Å². The van der Waals surface area contributed by atoms with Gasteiger partial charge in [0.25, 0.3) is 5.91 Å². The van der Waals surface area contributed by atoms with Gasteiger partial charge in [-0.2, -0.15) is 5.26 Å². The molecule has 3 rings (SSSR count). The van der Waals surface area contributed by atoms with E-state index in [0.29, 0.717) is 11.1 Å². The summed E-state index contributed by atoms with van der Waals surface area (Å²) in [5, 5.41) is 12.7. The quantitative estimate of drug-likeness (QED) is 0.290. The Morgan fingerprint density at radius 3 is 2.58 bits per heavy atom. The third kappa shape index (κ3) is 4.73. The monoisotopic (exact) mass is 465 g/mol. The van der Waals surface area contributed by atoms with E-state index in [1.165, 1.54) is 35.6 Å². The van der Waals surface area contributed by atoms with E-state index in [-0.39, 0.29) is 23.8 Å². The SMILES string of the molecule is CCOC(=O)c1c(-n2c(C)cc(/C=C(\C#N)C(=O)Nc3ccccc3F)c2C)sc(C)c1C. The van der Waals surface area contributed by atoms with E-state index in [2.05, 4.69) is 5.32 Å². The molecule has 1 N–H and O–H groups in total. The number of esters is 1. The Hall–Kier alpha value is -3.70. The minimum Gasteiger partial charge on any atom is -0.462 e. The standard InChI is InChI=1S/C25H24FN3O3S/c1-6-32-25(31)22-15(3)17(5)33-24(22)29-14(2)11-18(16(29)4)12-19(13-27)23(30)28-21-10-8-7-9-20(21)26/h7-12H,6H2,1-5H3,(H,28,30)/b19-12+. The van der Waals surface area contributed by atoms with Gasteiger partial charge in [-0.1, -0.05) is 12.1 Å². The predicted molar refractivity (Wildman–Crippen MR) is 127 cm³/mol. The Labute approximate surface area is 195 Å². The van der Waals surface area contributed by atoms with Crippen molar-refractivity contribution >= 4 is 35.0 Å². The average molecular weight is 466 g/mol. The van der Waals surface area contributed by atoms with Gasteiger partial charge in [0.2, 0.25) is 0 Å². The van der Waals surface area contributed by atoms with Gasteiger partial charge < -0.3 is 14.6 Å². The molecule has 170 valence electrons. The first-order valence-electron chi connectivity index (χ1n) is 10.3. The number of anilines is 1. The first kappa shape index (κ1) is 24.0. The first-order valence-corrected chi connectivity index (χ1v) is 11.1. The van der Waals surface area contributed by atoms with E-state index < -0.39 is 11.7 Å². The molecule has 0 fully saturated rings. The van der Waals surface area contributed by atoms with Crippen LogP contribution in [-0.2, 0) is 9.53 Å². The molecule has 0 spiro atoms. The topological polar surface area (TPSA) is 84.1 Å². The number of thiophene rings is 1. The van der Waals surface area contributed by atoms with Crippen LogP contribution in [0.15, 0.2) is 35.9 Å². The number of rotatable bonds is 6. The zero-order chi connectivity index (χ0) is 24.3. The molecule has 0 bridgehead atoms. The molecule has 0 aliphatic heterocycles. The number of hydrogen-bond acceptors (Lipinski definition) is 5. The zero-order valence-electron chi connectivity index (χ0n) is 19.1. The van der Waals surface area contributed by atoms with Crippen molar-refractivity contribution in [3.8, 4) is 11.1 Å². The largest absolute Gasteiger partial charge is 0.462 e. The van der Waals surface area contributed by atoms with E-state index >= 15 is 0 Å². The van der Waals surface area contributed by atoms with Crippen LogP contribution in [0.1, 0.15) is 44.7 Å². The fourth-order valence-corrected chi connectivity index (χ4v) is 4.77. The van der Waals surface area contributed by atoms with Gasteiger partial charge >= 0.3 is 5.97 Å². The van der Waals surface area contributed by atoms with Crippen molar-refractivity contribution in [1.82, 2.24) is 4.57 Å². The van der Waals surface area contributed by atoms with Crippen LogP contribution in [0.5, 0.6) is 0 Å². The fourth-order valence-electron chi connectivity index (χ4n) is 3.51. The molecule has 1 amide bonds. The average Bonchev–Trinajstić information content (AvgIpc) is 3.21. The minimum atomic E-state index is -0.706. The van der Waals surface area contributed by atoms with Crippen LogP contribution in [0.2, 0.25) is 0 Å². The normalized spacial score (nSPS) is 11.2. The number of benzene rings is 1. The van der Waals surface area contributed by atoms with E-state index in [0.717, 1.165) is 26.8 Å². The van der Waals surface area contributed by atoms with Gasteiger partial charge in [-0.25, -0.2) is 9.18 Å². The Balaban J connectivity index is 2.04. The van der Waals surface area contributed by atoms with Crippen LogP contribution in [0.4, 0.5) is 10.1 Å². The Morgan fingerprint density at radius 2 is 1.94 bits per heavy atom. The summed E-state index contributed by atoms with van der Waals surface area (Å²) >= 11 is 1.48. The predicted octanol–water partition coefficient (Wildman–Crippen LogP) is 5.63. The number of carbonyl (C=O) groups excluding carboxylic acids is 2. The van der Waals surface area contributed by atoms with Crippen LogP contribution in [0.25, 0.3) is 11.1 Å². The molecule has 8 heteroatoms. The summed E-state index contributed by atoms with van der Waals surface area (Å²) in [4.78, 5) is 26.3. The Kier molecular flexibility index (Phi) is 7.14. The van der Waals surface area contributed by atoms with Gasteiger partial charge in [0, 0.05) is 16.3 Å². The number of halogens is 1. The van der Waals surface area contributed by atoms with Gasteiger partial charge in [-0.15, -0.1) is 11.3 Å². The van der Waals surface area contributed by atoms with Gasteiger partial charge in [-0.05, 0) is 70.0 Å². The number of aryl methyl sites for hydroxylation is 2. The maximum absolute atomic E-state index is 13.9. The zero-order valence-corrected chi connectivity index (χ0v) is 19.9. The second-order valence-electron chi connectivity index (χ2n) is 7.45. The number of ether oxygens (including phenoxy) is 1. The summed E-state index contributed by atoms with van der Waals surface area (Å²) in [6.07, 6.45) is 1.46. The molecule has 0 saturated carbocycles. The molecule has 0 aliphatic carbocycles. The number of amides is 1. The maximum Gasteiger partial charge on any atom is 0.341 e. The van der Waals surface area contributed by atoms with Crippen molar-refractivity contribution in [1.29, 1.82) is 5.26 Å². The fraction of sp³-hybridized carbons (Fsp3) is 0.240. The number of para-hydroxylation sites is 1. The second kappa shape index (κ2) is 9.84. The Morgan fingerprint density at radius 1 is 1.24 bits per heavy atom. The van der Waals surface area contributed by atoms with E-state index in [1.54, 1.807) is 13.0 Å². The van der Waals surface area contributed by atoms with Crippen molar-refractivity contribution in [2.24, 2.45) is 0 Å². The van der Waals surface area contributed by atoms with Gasteiger partial charge in [0.1, 0.15) is 22.5 Å². The highest BCUT2D eigenvalue weighted by Crippen LogP contribution is 2.35. The molecule has 0 saturated heterocycles. The number of nitrogens with zero attached hydrogens (tertiary/aromatic N) is 2. The van der Waals surface area contributed by atoms with Gasteiger partial charge in [0.05, 0.1) is 17.9 Å². The summed E-state index contributed by atoms with van der Waals surface area (Å²) in [6, 6.07) is 9.48. The van der Waals surface area contributed by atoms with Crippen molar-refractivity contribution < 1.29 is 18.7 Å². The summed E-state index contributed by atoms with van der Waals surface area (Å²) < 4.78 is 21.1. The summed E-state index contributed by atoms with van der Waals surface area (Å²) in [6.45, 7) is 9.60. The smallest absolute Gasteiger partial charge is 0.341 e. The molecule has 1 aromatic carbocycles. The van der Waals surface area contributed by atoms with Gasteiger partial charge in [0.15, 0.2) is 0 Å². The molecular weight excluding hydrogens is 441 g/mol. The molecule has 2 aromatic heterocycles. The van der Waals surface area contributed by atoms with Crippen molar-refractivity contribution in [2.45, 2.75) is 34.6 Å². The lowest BCUT2D eigenvalue weighted by Crippen LogP contribution is -2.14. The number of nitrogens with one attached hydrogen (secondary N) is 1. The number of nitriles is 1. The highest BCUT2D eigenvalue weighted by Gasteiger charge is 2.24. The second-order valence-corrected chi connectivity index (χ2v) is 8.65. The molecule has 0 unspecified atom stereocenters. The summed E-state index contributed by atoms with van der Waals surface area (Å²) in [5.74, 6) is -1.68. The molecule has 33 heavy (non-hydrogen) atoms. The highest BCUT2D eigenvalue weighted by molar-refractivity contribution is 7.15. The third-order valence-corrected chi connectivity index (χ3v) is 6.50. The van der Waals surface area contributed by atoms with Crippen LogP contribution in [0, 0.1) is 44.8 Å².